The monoisotopic (exact) mass is 552 g/mol. The molecule has 42 heavy (non-hydrogen) atoms. The Morgan fingerprint density at radius 2 is 1.69 bits per heavy atom. The van der Waals surface area contributed by atoms with Gasteiger partial charge in [-0.2, -0.15) is 0 Å². The molecule has 0 amide bonds. The number of nitrogens with zero attached hydrogens (tertiary/aromatic N) is 6. The first-order valence-electron chi connectivity index (χ1n) is 14.3. The lowest BCUT2D eigenvalue weighted by atomic mass is 10.0. The van der Waals surface area contributed by atoms with E-state index in [9.17, 15) is 0 Å². The maximum absolute atomic E-state index is 4.71. The summed E-state index contributed by atoms with van der Waals surface area (Å²) < 4.78 is 0. The largest absolute Gasteiger partial charge is 0.368 e. The highest BCUT2D eigenvalue weighted by Crippen LogP contribution is 2.31. The van der Waals surface area contributed by atoms with Gasteiger partial charge in [-0.25, -0.2) is 9.97 Å². The Kier molecular flexibility index (Phi) is 7.03. The predicted molar refractivity (Wildman–Crippen MR) is 169 cm³/mol. The highest BCUT2D eigenvalue weighted by Gasteiger charge is 2.18. The second kappa shape index (κ2) is 11.4. The van der Waals surface area contributed by atoms with Gasteiger partial charge < -0.3 is 15.2 Å². The van der Waals surface area contributed by atoms with E-state index in [1.807, 2.05) is 49.6 Å². The van der Waals surface area contributed by atoms with Crippen molar-refractivity contribution in [3.05, 3.63) is 115 Å². The first-order chi connectivity index (χ1) is 20.7. The number of benzene rings is 2. The molecule has 1 saturated heterocycles. The molecule has 1 fully saturated rings. The van der Waals surface area contributed by atoms with Crippen LogP contribution in [0.3, 0.4) is 0 Å². The Labute approximate surface area is 245 Å². The molecule has 0 aliphatic carbocycles. The van der Waals surface area contributed by atoms with Crippen molar-refractivity contribution >= 4 is 28.1 Å². The zero-order chi connectivity index (χ0) is 28.3. The van der Waals surface area contributed by atoms with Gasteiger partial charge in [-0.05, 0) is 55.0 Å². The predicted octanol–water partition coefficient (Wildman–Crippen LogP) is 6.46. The first-order valence-corrected chi connectivity index (χ1v) is 14.3. The number of rotatable bonds is 7. The van der Waals surface area contributed by atoms with Gasteiger partial charge in [-0.3, -0.25) is 14.9 Å². The van der Waals surface area contributed by atoms with Crippen molar-refractivity contribution in [1.29, 1.82) is 0 Å². The van der Waals surface area contributed by atoms with Crippen molar-refractivity contribution in [2.45, 2.75) is 13.5 Å². The lowest BCUT2D eigenvalue weighted by molar-refractivity contribution is 0.250. The molecule has 0 saturated carbocycles. The van der Waals surface area contributed by atoms with Crippen LogP contribution in [0, 0.1) is 6.92 Å². The molecule has 1 aliphatic heterocycles. The van der Waals surface area contributed by atoms with Crippen LogP contribution in [-0.4, -0.2) is 56.0 Å². The maximum atomic E-state index is 4.71. The standard InChI is InChI=1S/C34H32N8/c1-24-6-5-9-31(39-24)34-33(37-23-38-34)26-10-12-30-27(18-26)19-28(20-35-30)40-32-13-11-29(21-36-32)42-16-14-41(15-17-42)22-25-7-3-2-4-8-25/h2-13,18-21,23H,14-17,22H2,1H3,(H,36,40)(H,37,38). The Morgan fingerprint density at radius 3 is 2.50 bits per heavy atom. The summed E-state index contributed by atoms with van der Waals surface area (Å²) in [7, 11) is 0. The smallest absolute Gasteiger partial charge is 0.130 e. The van der Waals surface area contributed by atoms with Gasteiger partial charge in [-0.1, -0.05) is 42.5 Å². The van der Waals surface area contributed by atoms with Gasteiger partial charge in [-0.15, -0.1) is 0 Å². The number of aryl methyl sites for hydroxylation is 1. The molecule has 1 aliphatic rings. The molecule has 7 rings (SSSR count). The van der Waals surface area contributed by atoms with E-state index in [2.05, 4.69) is 89.6 Å². The topological polar surface area (TPSA) is 85.9 Å². The van der Waals surface area contributed by atoms with Crippen molar-refractivity contribution in [1.82, 2.24) is 29.8 Å². The number of piperazine rings is 1. The number of aromatic amines is 1. The second-order valence-corrected chi connectivity index (χ2v) is 10.7. The van der Waals surface area contributed by atoms with Crippen LogP contribution in [0.1, 0.15) is 11.3 Å². The second-order valence-electron chi connectivity index (χ2n) is 10.7. The number of hydrogen-bond acceptors (Lipinski definition) is 7. The van der Waals surface area contributed by atoms with Crippen LogP contribution in [-0.2, 0) is 6.54 Å². The maximum Gasteiger partial charge on any atom is 0.130 e. The Balaban J connectivity index is 1.03. The van der Waals surface area contributed by atoms with Gasteiger partial charge in [0.2, 0.25) is 0 Å². The highest BCUT2D eigenvalue weighted by atomic mass is 15.3. The quantitative estimate of drug-likeness (QED) is 0.235. The van der Waals surface area contributed by atoms with Crippen LogP contribution in [0.25, 0.3) is 33.5 Å². The van der Waals surface area contributed by atoms with Gasteiger partial charge in [0, 0.05) is 49.4 Å². The molecule has 4 aromatic heterocycles. The molecule has 0 radical (unpaired) electrons. The van der Waals surface area contributed by atoms with Gasteiger partial charge >= 0.3 is 0 Å². The summed E-state index contributed by atoms with van der Waals surface area (Å²) in [4.78, 5) is 26.9. The summed E-state index contributed by atoms with van der Waals surface area (Å²) in [6.07, 6.45) is 5.52. The van der Waals surface area contributed by atoms with E-state index in [1.54, 1.807) is 6.33 Å². The average molecular weight is 553 g/mol. The van der Waals surface area contributed by atoms with E-state index in [0.717, 1.165) is 89.2 Å². The molecular formula is C34H32N8. The van der Waals surface area contributed by atoms with Gasteiger partial charge in [0.05, 0.1) is 52.7 Å². The van der Waals surface area contributed by atoms with Crippen molar-refractivity contribution in [3.8, 4) is 22.6 Å². The number of aromatic nitrogens is 5. The fourth-order valence-corrected chi connectivity index (χ4v) is 5.54. The molecule has 2 N–H and O–H groups in total. The lowest BCUT2D eigenvalue weighted by Crippen LogP contribution is -2.46. The molecule has 0 atom stereocenters. The van der Waals surface area contributed by atoms with Crippen molar-refractivity contribution in [2.24, 2.45) is 0 Å². The van der Waals surface area contributed by atoms with E-state index in [1.165, 1.54) is 5.56 Å². The van der Waals surface area contributed by atoms with Crippen molar-refractivity contribution < 1.29 is 0 Å². The molecule has 6 aromatic rings. The summed E-state index contributed by atoms with van der Waals surface area (Å²) in [6, 6.07) is 29.2. The SMILES string of the molecule is Cc1cccc(-c2[nH]cnc2-c2ccc3ncc(Nc4ccc(N5CCN(Cc6ccccc6)CC5)cn4)cc3c2)n1. The third-order valence-electron chi connectivity index (χ3n) is 7.75. The fraction of sp³-hybridized carbons (Fsp3) is 0.176. The molecular weight excluding hydrogens is 520 g/mol. The molecule has 0 spiro atoms. The van der Waals surface area contributed by atoms with E-state index in [-0.39, 0.29) is 0 Å². The minimum absolute atomic E-state index is 0.791. The Morgan fingerprint density at radius 1 is 0.810 bits per heavy atom. The number of nitrogens with one attached hydrogen (secondary N) is 2. The van der Waals surface area contributed by atoms with Gasteiger partial charge in [0.25, 0.3) is 0 Å². The Hall–Kier alpha value is -5.08. The fourth-order valence-electron chi connectivity index (χ4n) is 5.54. The van der Waals surface area contributed by atoms with Crippen LogP contribution >= 0.6 is 0 Å². The van der Waals surface area contributed by atoms with E-state index in [0.29, 0.717) is 0 Å². The molecule has 8 heteroatoms. The zero-order valence-electron chi connectivity index (χ0n) is 23.5. The van der Waals surface area contributed by atoms with Gasteiger partial charge in [0.15, 0.2) is 0 Å². The number of H-pyrrole nitrogens is 1. The van der Waals surface area contributed by atoms with E-state index >= 15 is 0 Å². The molecule has 2 aromatic carbocycles. The summed E-state index contributed by atoms with van der Waals surface area (Å²) in [6.45, 7) is 7.07. The molecule has 0 bridgehead atoms. The summed E-state index contributed by atoms with van der Waals surface area (Å²) in [5.41, 5.74) is 8.95. The van der Waals surface area contributed by atoms with Gasteiger partial charge in [0.1, 0.15) is 5.82 Å². The minimum atomic E-state index is 0.791. The van der Waals surface area contributed by atoms with Crippen LogP contribution in [0.4, 0.5) is 17.2 Å². The summed E-state index contributed by atoms with van der Waals surface area (Å²) >= 11 is 0. The average Bonchev–Trinajstić information content (AvgIpc) is 3.52. The van der Waals surface area contributed by atoms with E-state index < -0.39 is 0 Å². The summed E-state index contributed by atoms with van der Waals surface area (Å²) in [5, 5.41) is 4.45. The number of pyridine rings is 3. The Bertz CT molecular complexity index is 1810. The van der Waals surface area contributed by atoms with Crippen LogP contribution in [0.5, 0.6) is 0 Å². The zero-order valence-corrected chi connectivity index (χ0v) is 23.5. The third kappa shape index (κ3) is 5.57. The van der Waals surface area contributed by atoms with Crippen LogP contribution in [0.2, 0.25) is 0 Å². The van der Waals surface area contributed by atoms with Crippen molar-refractivity contribution in [2.75, 3.05) is 36.4 Å². The molecule has 8 nitrogen and oxygen atoms in total. The molecule has 5 heterocycles. The summed E-state index contributed by atoms with van der Waals surface area (Å²) in [5.74, 6) is 0.791. The van der Waals surface area contributed by atoms with Crippen LogP contribution < -0.4 is 10.2 Å². The number of anilines is 3. The number of imidazole rings is 1. The lowest BCUT2D eigenvalue weighted by Gasteiger charge is -2.36. The normalized spacial score (nSPS) is 13.9. The van der Waals surface area contributed by atoms with Crippen LogP contribution in [0.15, 0.2) is 104 Å². The first kappa shape index (κ1) is 25.9. The number of fused-ring (bicyclic) bond motifs is 1. The third-order valence-corrected chi connectivity index (χ3v) is 7.75. The molecule has 208 valence electrons. The number of hydrogen-bond donors (Lipinski definition) is 2. The highest BCUT2D eigenvalue weighted by molar-refractivity contribution is 5.88. The minimum Gasteiger partial charge on any atom is -0.368 e. The molecule has 0 unspecified atom stereocenters. The van der Waals surface area contributed by atoms with E-state index in [4.69, 9.17) is 4.98 Å². The van der Waals surface area contributed by atoms with Crippen molar-refractivity contribution in [3.63, 3.8) is 0 Å².